The first-order valence-corrected chi connectivity index (χ1v) is 14.6. The minimum absolute atomic E-state index is 0.0110. The van der Waals surface area contributed by atoms with Gasteiger partial charge in [0.05, 0.1) is 28.4 Å². The lowest BCUT2D eigenvalue weighted by molar-refractivity contribution is -0.132. The van der Waals surface area contributed by atoms with E-state index in [9.17, 15) is 19.1 Å². The Morgan fingerprint density at radius 2 is 2.00 bits per heavy atom. The van der Waals surface area contributed by atoms with E-state index in [0.717, 1.165) is 41.9 Å². The molecule has 0 radical (unpaired) electrons. The number of nitrogens with zero attached hydrogens (tertiary/aromatic N) is 2. The number of rotatable bonds is 8. The maximum atomic E-state index is 14.0. The van der Waals surface area contributed by atoms with Gasteiger partial charge in [0, 0.05) is 12.0 Å². The number of Topliss-reactive ketones (excluding diaryl/α,β-unsaturated/α-hetero) is 1. The highest BCUT2D eigenvalue weighted by molar-refractivity contribution is 7.22. The Bertz CT molecular complexity index is 1700. The maximum absolute atomic E-state index is 14.0. The average molecular weight is 573 g/mol. The predicted octanol–water partition coefficient (Wildman–Crippen LogP) is 6.95. The fourth-order valence-corrected chi connectivity index (χ4v) is 6.39. The lowest BCUT2D eigenvalue weighted by atomic mass is 9.94. The second-order valence-corrected chi connectivity index (χ2v) is 11.4. The summed E-state index contributed by atoms with van der Waals surface area (Å²) in [6.45, 7) is 4.62. The summed E-state index contributed by atoms with van der Waals surface area (Å²) >= 11 is 1.11. The third-order valence-corrected chi connectivity index (χ3v) is 8.37. The van der Waals surface area contributed by atoms with Gasteiger partial charge in [-0.25, -0.2) is 9.37 Å². The fourth-order valence-electron chi connectivity index (χ4n) is 5.38. The number of hydrogen-bond acceptors (Lipinski definition) is 7. The number of amides is 1. The van der Waals surface area contributed by atoms with E-state index in [-0.39, 0.29) is 22.6 Å². The van der Waals surface area contributed by atoms with Crippen molar-refractivity contribution < 1.29 is 28.6 Å². The van der Waals surface area contributed by atoms with Crippen LogP contribution in [0.2, 0.25) is 0 Å². The summed E-state index contributed by atoms with van der Waals surface area (Å²) in [5.74, 6) is -1.01. The molecule has 2 atom stereocenters. The third kappa shape index (κ3) is 5.06. The number of hydrogen-bond donors (Lipinski definition) is 1. The first-order valence-electron chi connectivity index (χ1n) is 13.7. The van der Waals surface area contributed by atoms with Crippen LogP contribution in [0.3, 0.4) is 0 Å². The van der Waals surface area contributed by atoms with Crippen molar-refractivity contribution in [3.63, 3.8) is 0 Å². The molecule has 0 saturated carbocycles. The van der Waals surface area contributed by atoms with Crippen molar-refractivity contribution in [3.05, 3.63) is 88.7 Å². The lowest BCUT2D eigenvalue weighted by Crippen LogP contribution is -2.29. The highest BCUT2D eigenvalue weighted by atomic mass is 32.1. The molecular weight excluding hydrogens is 543 g/mol. The Morgan fingerprint density at radius 3 is 2.83 bits per heavy atom. The Morgan fingerprint density at radius 1 is 1.15 bits per heavy atom. The second-order valence-electron chi connectivity index (χ2n) is 10.4. The number of carbonyl (C=O) groups excluding carboxylic acids is 2. The van der Waals surface area contributed by atoms with Crippen molar-refractivity contribution in [2.75, 3.05) is 11.5 Å². The van der Waals surface area contributed by atoms with E-state index in [2.05, 4.69) is 11.9 Å². The number of aromatic nitrogens is 1. The summed E-state index contributed by atoms with van der Waals surface area (Å²) in [5.41, 5.74) is 2.39. The predicted molar refractivity (Wildman–Crippen MR) is 156 cm³/mol. The van der Waals surface area contributed by atoms with Crippen LogP contribution in [0.15, 0.2) is 66.2 Å². The topological polar surface area (TPSA) is 89.0 Å². The number of benzene rings is 3. The van der Waals surface area contributed by atoms with Gasteiger partial charge in [0.15, 0.2) is 5.13 Å². The Kier molecular flexibility index (Phi) is 7.21. The van der Waals surface area contributed by atoms with Gasteiger partial charge in [0.1, 0.15) is 29.2 Å². The van der Waals surface area contributed by atoms with Crippen LogP contribution in [0.5, 0.6) is 11.5 Å². The summed E-state index contributed by atoms with van der Waals surface area (Å²) < 4.78 is 26.3. The molecule has 41 heavy (non-hydrogen) atoms. The Hall–Kier alpha value is -4.24. The number of ether oxygens (including phenoxy) is 2. The van der Waals surface area contributed by atoms with Crippen LogP contribution in [0, 0.1) is 5.82 Å². The Labute approximate surface area is 240 Å². The molecule has 0 spiro atoms. The van der Waals surface area contributed by atoms with E-state index < -0.39 is 23.5 Å². The number of thiazole rings is 1. The van der Waals surface area contributed by atoms with E-state index in [1.54, 1.807) is 36.4 Å². The van der Waals surface area contributed by atoms with Gasteiger partial charge in [-0.1, -0.05) is 43.2 Å². The molecule has 210 valence electrons. The van der Waals surface area contributed by atoms with Gasteiger partial charge in [0.25, 0.3) is 5.78 Å². The minimum atomic E-state index is -0.969. The summed E-state index contributed by atoms with van der Waals surface area (Å²) in [4.78, 5) is 33.1. The molecule has 3 aromatic carbocycles. The standard InChI is InChI=1S/C32H29FN2O5S/c1-3-4-5-13-39-23-8-6-7-19(16-23)28-27(29(36)20-9-12-25-21(15-20)14-18(2)40-25)30(37)31(38)35(28)32-34-24-11-10-22(33)17-26(24)41-32/h6-12,15-18,28,36H,3-5,13-14H2,1-2H3. The molecule has 1 fully saturated rings. The van der Waals surface area contributed by atoms with Crippen molar-refractivity contribution in [2.24, 2.45) is 0 Å². The number of carbonyl (C=O) groups is 2. The summed E-state index contributed by atoms with van der Waals surface area (Å²) in [6.07, 6.45) is 3.70. The van der Waals surface area contributed by atoms with Gasteiger partial charge in [0.2, 0.25) is 0 Å². The zero-order chi connectivity index (χ0) is 28.7. The monoisotopic (exact) mass is 572 g/mol. The van der Waals surface area contributed by atoms with E-state index in [1.165, 1.54) is 23.1 Å². The van der Waals surface area contributed by atoms with Crippen LogP contribution in [0.4, 0.5) is 9.52 Å². The molecule has 0 aliphatic carbocycles. The van der Waals surface area contributed by atoms with Gasteiger partial charge < -0.3 is 14.6 Å². The fraction of sp³-hybridized carbons (Fsp3) is 0.281. The highest BCUT2D eigenvalue weighted by Gasteiger charge is 2.48. The molecule has 6 rings (SSSR count). The average Bonchev–Trinajstić information content (AvgIpc) is 3.62. The summed E-state index contributed by atoms with van der Waals surface area (Å²) in [5, 5.41) is 11.8. The molecule has 1 amide bonds. The number of ketones is 1. The lowest BCUT2D eigenvalue weighted by Gasteiger charge is -2.23. The number of anilines is 1. The van der Waals surface area contributed by atoms with Gasteiger partial charge in [-0.2, -0.15) is 0 Å². The van der Waals surface area contributed by atoms with Crippen molar-refractivity contribution in [1.29, 1.82) is 0 Å². The molecule has 1 N–H and O–H groups in total. The number of aliphatic hydroxyl groups is 1. The maximum Gasteiger partial charge on any atom is 0.301 e. The molecule has 0 bridgehead atoms. The molecule has 2 aliphatic rings. The van der Waals surface area contributed by atoms with Gasteiger partial charge in [-0.3, -0.25) is 14.5 Å². The minimum Gasteiger partial charge on any atom is -0.507 e. The summed E-state index contributed by atoms with van der Waals surface area (Å²) in [6, 6.07) is 15.7. The van der Waals surface area contributed by atoms with Crippen molar-refractivity contribution in [2.45, 2.75) is 51.7 Å². The molecule has 1 aromatic heterocycles. The second kappa shape index (κ2) is 11.0. The van der Waals surface area contributed by atoms with Gasteiger partial charge >= 0.3 is 5.91 Å². The number of fused-ring (bicyclic) bond motifs is 2. The third-order valence-electron chi connectivity index (χ3n) is 7.35. The molecule has 9 heteroatoms. The Balaban J connectivity index is 1.47. The van der Waals surface area contributed by atoms with Gasteiger partial charge in [-0.05, 0) is 73.0 Å². The van der Waals surface area contributed by atoms with Crippen molar-refractivity contribution in [3.8, 4) is 11.5 Å². The molecule has 2 aliphatic heterocycles. The van der Waals surface area contributed by atoms with Gasteiger partial charge in [-0.15, -0.1) is 0 Å². The number of aliphatic hydroxyl groups excluding tert-OH is 1. The molecule has 7 nitrogen and oxygen atoms in total. The van der Waals surface area contributed by atoms with Crippen LogP contribution in [-0.2, 0) is 16.0 Å². The van der Waals surface area contributed by atoms with E-state index in [1.807, 2.05) is 13.0 Å². The first-order chi connectivity index (χ1) is 19.8. The van der Waals surface area contributed by atoms with Crippen LogP contribution in [0.25, 0.3) is 16.0 Å². The molecule has 4 aromatic rings. The van der Waals surface area contributed by atoms with Crippen molar-refractivity contribution >= 4 is 44.1 Å². The SMILES string of the molecule is CCCCCOc1cccc(C2C(=C(O)c3ccc4c(c3)CC(C)O4)C(=O)C(=O)N2c2nc3ccc(F)cc3s2)c1. The zero-order valence-electron chi connectivity index (χ0n) is 22.7. The zero-order valence-corrected chi connectivity index (χ0v) is 23.5. The highest BCUT2D eigenvalue weighted by Crippen LogP contribution is 2.45. The van der Waals surface area contributed by atoms with E-state index in [4.69, 9.17) is 9.47 Å². The van der Waals surface area contributed by atoms with Crippen LogP contribution < -0.4 is 14.4 Å². The quantitative estimate of drug-likeness (QED) is 0.106. The van der Waals surface area contributed by atoms with Crippen LogP contribution in [-0.4, -0.2) is 34.5 Å². The summed E-state index contributed by atoms with van der Waals surface area (Å²) in [7, 11) is 0. The van der Waals surface area contributed by atoms with E-state index >= 15 is 0 Å². The number of unbranched alkanes of at least 4 members (excludes halogenated alkanes) is 2. The van der Waals surface area contributed by atoms with E-state index in [0.29, 0.717) is 40.1 Å². The number of halogens is 1. The molecule has 2 unspecified atom stereocenters. The van der Waals surface area contributed by atoms with Crippen molar-refractivity contribution in [1.82, 2.24) is 4.98 Å². The molecule has 3 heterocycles. The smallest absolute Gasteiger partial charge is 0.301 e. The van der Waals surface area contributed by atoms with Crippen LogP contribution >= 0.6 is 11.3 Å². The first kappa shape index (κ1) is 27.0. The molecular formula is C32H29FN2O5S. The normalized spacial score (nSPS) is 19.5. The molecule has 1 saturated heterocycles. The van der Waals surface area contributed by atoms with Crippen LogP contribution in [0.1, 0.15) is 55.8 Å². The largest absolute Gasteiger partial charge is 0.507 e.